The van der Waals surface area contributed by atoms with Crippen molar-refractivity contribution < 1.29 is 43.1 Å². The van der Waals surface area contributed by atoms with Gasteiger partial charge in [0.1, 0.15) is 0 Å². The van der Waals surface area contributed by atoms with Crippen LogP contribution in [0.4, 0.5) is 17.6 Å². The first-order chi connectivity index (χ1) is 21.7. The second-order valence-electron chi connectivity index (χ2n) is 11.6. The molecular weight excluding hydrogens is 665 g/mol. The van der Waals surface area contributed by atoms with E-state index in [2.05, 4.69) is 91.0 Å². The summed E-state index contributed by atoms with van der Waals surface area (Å²) >= 11 is 0. The van der Waals surface area contributed by atoms with Crippen LogP contribution < -0.4 is 0 Å². The van der Waals surface area contributed by atoms with Crippen molar-refractivity contribution in [2.24, 2.45) is 17.8 Å². The van der Waals surface area contributed by atoms with Crippen LogP contribution in [0.1, 0.15) is 51.9 Å². The van der Waals surface area contributed by atoms with Gasteiger partial charge in [-0.25, -0.2) is 8.42 Å². The molecular formula is C33H38F4O6S3. The van der Waals surface area contributed by atoms with Crippen molar-refractivity contribution in [2.45, 2.75) is 83.8 Å². The molecule has 2 aliphatic rings. The molecule has 4 unspecified atom stereocenters. The molecule has 46 heavy (non-hydrogen) atoms. The topological polar surface area (TPSA) is 101 Å². The molecule has 5 rings (SSSR count). The summed E-state index contributed by atoms with van der Waals surface area (Å²) in [7, 11) is -10.4. The minimum atomic E-state index is -6.53. The lowest BCUT2D eigenvalue weighted by atomic mass is 9.83. The molecule has 2 aliphatic carbocycles. The first-order valence-corrected chi connectivity index (χ1v) is 19.4. The largest absolute Gasteiger partial charge is 0.743 e. The zero-order valence-electron chi connectivity index (χ0n) is 25.3. The smallest absolute Gasteiger partial charge is 0.396 e. The predicted molar refractivity (Wildman–Crippen MR) is 168 cm³/mol. The van der Waals surface area contributed by atoms with Crippen LogP contribution in [0.2, 0.25) is 0 Å². The third-order valence-electron chi connectivity index (χ3n) is 8.41. The SMILES string of the molecule is CCCCCCS(=O)(=O)OC1CC2CC1CC2C(F)(F)C(F)(F)S(=O)(=O)[O-].c1ccc([S+](c2ccccc2)c2ccccc2)cc1. The summed E-state index contributed by atoms with van der Waals surface area (Å²) in [5, 5.41) is -5.71. The maximum atomic E-state index is 14.1. The Labute approximate surface area is 271 Å². The van der Waals surface area contributed by atoms with Crippen LogP contribution in [-0.4, -0.2) is 44.4 Å². The van der Waals surface area contributed by atoms with Gasteiger partial charge >= 0.3 is 11.2 Å². The van der Waals surface area contributed by atoms with Crippen molar-refractivity contribution in [1.29, 1.82) is 0 Å². The van der Waals surface area contributed by atoms with Crippen molar-refractivity contribution >= 4 is 31.1 Å². The molecule has 3 aromatic carbocycles. The zero-order chi connectivity index (χ0) is 33.6. The molecule has 0 aliphatic heterocycles. The molecule has 0 saturated heterocycles. The molecule has 2 bridgehead atoms. The summed E-state index contributed by atoms with van der Waals surface area (Å²) in [6.07, 6.45) is 1.37. The number of hydrogen-bond acceptors (Lipinski definition) is 6. The van der Waals surface area contributed by atoms with Gasteiger partial charge in [-0.1, -0.05) is 80.8 Å². The molecule has 0 amide bonds. The van der Waals surface area contributed by atoms with Crippen molar-refractivity contribution in [3.05, 3.63) is 91.0 Å². The Morgan fingerprint density at radius 3 is 1.59 bits per heavy atom. The van der Waals surface area contributed by atoms with Crippen LogP contribution >= 0.6 is 0 Å². The van der Waals surface area contributed by atoms with E-state index in [-0.39, 0.29) is 29.5 Å². The Morgan fingerprint density at radius 2 is 1.20 bits per heavy atom. The minimum Gasteiger partial charge on any atom is -0.743 e. The first kappa shape index (κ1) is 36.4. The van der Waals surface area contributed by atoms with E-state index in [4.69, 9.17) is 4.18 Å². The molecule has 4 atom stereocenters. The van der Waals surface area contributed by atoms with Crippen molar-refractivity contribution in [3.63, 3.8) is 0 Å². The molecule has 0 aromatic heterocycles. The predicted octanol–water partition coefficient (Wildman–Crippen LogP) is 7.88. The van der Waals surface area contributed by atoms with Gasteiger partial charge in [-0.2, -0.15) is 26.0 Å². The summed E-state index contributed by atoms with van der Waals surface area (Å²) in [5.74, 6) is -8.95. The lowest BCUT2D eigenvalue weighted by molar-refractivity contribution is -0.204. The molecule has 13 heteroatoms. The van der Waals surface area contributed by atoms with Gasteiger partial charge in [0.15, 0.2) is 24.8 Å². The van der Waals surface area contributed by atoms with Gasteiger partial charge in [0.05, 0.1) is 22.8 Å². The van der Waals surface area contributed by atoms with E-state index in [0.717, 1.165) is 12.8 Å². The molecule has 2 fully saturated rings. The quantitative estimate of drug-likeness (QED) is 0.0591. The number of fused-ring (bicyclic) bond motifs is 2. The van der Waals surface area contributed by atoms with Crippen LogP contribution in [0.15, 0.2) is 106 Å². The highest BCUT2D eigenvalue weighted by Crippen LogP contribution is 2.59. The van der Waals surface area contributed by atoms with E-state index in [9.17, 15) is 39.0 Å². The van der Waals surface area contributed by atoms with Crippen LogP contribution in [-0.2, 0) is 35.3 Å². The van der Waals surface area contributed by atoms with Gasteiger partial charge in [0, 0.05) is 5.92 Å². The summed E-state index contributed by atoms with van der Waals surface area (Å²) in [6.45, 7) is 1.97. The van der Waals surface area contributed by atoms with Crippen LogP contribution in [0.5, 0.6) is 0 Å². The Balaban J connectivity index is 0.000000221. The van der Waals surface area contributed by atoms with Gasteiger partial charge in [-0.3, -0.25) is 4.18 Å². The van der Waals surface area contributed by atoms with Crippen LogP contribution in [0.3, 0.4) is 0 Å². The normalized spacial score (nSPS) is 21.6. The van der Waals surface area contributed by atoms with E-state index in [1.54, 1.807) is 0 Å². The molecule has 0 spiro atoms. The fourth-order valence-corrected chi connectivity index (χ4v) is 10.0. The van der Waals surface area contributed by atoms with E-state index in [0.29, 0.717) is 12.8 Å². The van der Waals surface area contributed by atoms with Gasteiger partial charge in [-0.05, 0) is 73.9 Å². The van der Waals surface area contributed by atoms with Crippen molar-refractivity contribution in [1.82, 2.24) is 0 Å². The van der Waals surface area contributed by atoms with Gasteiger partial charge < -0.3 is 4.55 Å². The number of halogens is 4. The highest BCUT2D eigenvalue weighted by atomic mass is 32.2. The van der Waals surface area contributed by atoms with Gasteiger partial charge in [0.25, 0.3) is 10.1 Å². The average molecular weight is 703 g/mol. The number of hydrogen-bond donors (Lipinski definition) is 0. The van der Waals surface area contributed by atoms with Gasteiger partial charge in [-0.15, -0.1) is 0 Å². The fourth-order valence-electron chi connectivity index (χ4n) is 6.19. The minimum absolute atomic E-state index is 0.0146. The molecule has 0 N–H and O–H groups in total. The summed E-state index contributed by atoms with van der Waals surface area (Å²) < 4.78 is 116. The molecule has 2 saturated carbocycles. The van der Waals surface area contributed by atoms with Crippen molar-refractivity contribution in [2.75, 3.05) is 5.75 Å². The maximum absolute atomic E-state index is 14.1. The second kappa shape index (κ2) is 15.2. The summed E-state index contributed by atoms with van der Waals surface area (Å²) in [4.78, 5) is 4.08. The lowest BCUT2D eigenvalue weighted by Gasteiger charge is -2.37. The average Bonchev–Trinajstić information content (AvgIpc) is 3.62. The maximum Gasteiger partial charge on any atom is 0.396 e. The number of benzene rings is 3. The Bertz CT molecular complexity index is 1510. The number of alkyl halides is 4. The Kier molecular flexibility index (Phi) is 12.0. The van der Waals surface area contributed by atoms with E-state index >= 15 is 0 Å². The third kappa shape index (κ3) is 8.52. The fraction of sp³-hybridized carbons (Fsp3) is 0.455. The zero-order valence-corrected chi connectivity index (χ0v) is 27.8. The highest BCUT2D eigenvalue weighted by Gasteiger charge is 2.69. The molecule has 6 nitrogen and oxygen atoms in total. The molecule has 0 radical (unpaired) electrons. The lowest BCUT2D eigenvalue weighted by Crippen LogP contribution is -2.53. The number of rotatable bonds is 13. The van der Waals surface area contributed by atoms with E-state index in [1.807, 2.05) is 6.92 Å². The Hall–Kier alpha value is -2.45. The molecule has 0 heterocycles. The van der Waals surface area contributed by atoms with Crippen LogP contribution in [0, 0.1) is 17.8 Å². The standard InChI is InChI=1S/C18H15S.C15H24F4O6S2/c1-4-10-16(11-5-1)19(17-12-6-2-7-13-17)18-14-8-3-9-15-18;1-2-3-4-5-6-26(20,21)25-13-9-10-7-11(13)8-12(10)14(16,17)15(18,19)27(22,23)24/h1-15H;10-13H,2-9H2,1H3,(H,22,23,24)/q+1;/p-1. The Morgan fingerprint density at radius 1 is 0.717 bits per heavy atom. The summed E-state index contributed by atoms with van der Waals surface area (Å²) in [5.41, 5.74) is 0. The summed E-state index contributed by atoms with van der Waals surface area (Å²) in [6, 6.07) is 32.2. The molecule has 3 aromatic rings. The van der Waals surface area contributed by atoms with E-state index in [1.165, 1.54) is 14.7 Å². The van der Waals surface area contributed by atoms with Gasteiger partial charge in [0.2, 0.25) is 0 Å². The van der Waals surface area contributed by atoms with Crippen LogP contribution in [0.25, 0.3) is 0 Å². The highest BCUT2D eigenvalue weighted by molar-refractivity contribution is 7.97. The van der Waals surface area contributed by atoms with E-state index < -0.39 is 61.7 Å². The molecule has 252 valence electrons. The monoisotopic (exact) mass is 702 g/mol. The van der Waals surface area contributed by atoms with Crippen molar-refractivity contribution in [3.8, 4) is 0 Å². The number of unbranched alkanes of at least 4 members (excludes halogenated alkanes) is 3. The third-order valence-corrected chi connectivity index (χ3v) is 12.9. The second-order valence-corrected chi connectivity index (χ2v) is 16.8. The first-order valence-electron chi connectivity index (χ1n) is 15.2.